The molecule has 0 saturated heterocycles. The number of aryl methyl sites for hydroxylation is 1. The van der Waals surface area contributed by atoms with Crippen molar-refractivity contribution in [3.8, 4) is 5.69 Å². The third-order valence-electron chi connectivity index (χ3n) is 4.04. The summed E-state index contributed by atoms with van der Waals surface area (Å²) in [6, 6.07) is 15.6. The molecule has 7 heteroatoms. The zero-order valence-corrected chi connectivity index (χ0v) is 15.8. The molecule has 0 saturated carbocycles. The summed E-state index contributed by atoms with van der Waals surface area (Å²) < 4.78 is 6.94. The second kappa shape index (κ2) is 9.30. The van der Waals surface area contributed by atoms with E-state index in [4.69, 9.17) is 16.3 Å². The smallest absolute Gasteiger partial charge is 0.356 e. The predicted molar refractivity (Wildman–Crippen MR) is 107 cm³/mol. The van der Waals surface area contributed by atoms with Crippen LogP contribution in [0.5, 0.6) is 0 Å². The zero-order chi connectivity index (χ0) is 19.1. The Morgan fingerprint density at radius 3 is 2.67 bits per heavy atom. The highest BCUT2D eigenvalue weighted by molar-refractivity contribution is 6.32. The summed E-state index contributed by atoms with van der Waals surface area (Å²) in [6.45, 7) is 3.54. The Morgan fingerprint density at radius 2 is 1.93 bits per heavy atom. The lowest BCUT2D eigenvalue weighted by molar-refractivity contribution is 0.147. The summed E-state index contributed by atoms with van der Waals surface area (Å²) in [5.74, 6) is 0.271. The van der Waals surface area contributed by atoms with Gasteiger partial charge in [0.1, 0.15) is 6.33 Å². The van der Waals surface area contributed by atoms with Crippen molar-refractivity contribution in [3.63, 3.8) is 0 Å². The van der Waals surface area contributed by atoms with Crippen molar-refractivity contribution in [3.05, 3.63) is 81.5 Å². The molecule has 2 aromatic carbocycles. The van der Waals surface area contributed by atoms with Gasteiger partial charge in [-0.05, 0) is 30.5 Å². The van der Waals surface area contributed by atoms with Gasteiger partial charge in [0, 0.05) is 6.54 Å². The van der Waals surface area contributed by atoms with Crippen LogP contribution < -0.4 is 11.0 Å². The van der Waals surface area contributed by atoms with Crippen LogP contribution in [-0.4, -0.2) is 34.3 Å². The van der Waals surface area contributed by atoms with Crippen molar-refractivity contribution in [1.29, 1.82) is 0 Å². The van der Waals surface area contributed by atoms with E-state index >= 15 is 0 Å². The Labute approximate surface area is 162 Å². The molecule has 1 aromatic heterocycles. The van der Waals surface area contributed by atoms with Gasteiger partial charge >= 0.3 is 5.69 Å². The molecule has 1 heterocycles. The summed E-state index contributed by atoms with van der Waals surface area (Å²) in [5, 5.41) is 3.48. The Hall–Kier alpha value is -2.70. The molecular formula is C20H21ClN4O2. The van der Waals surface area contributed by atoms with Crippen LogP contribution in [0.3, 0.4) is 0 Å². The van der Waals surface area contributed by atoms with Crippen molar-refractivity contribution in [2.75, 3.05) is 25.1 Å². The highest BCUT2D eigenvalue weighted by atomic mass is 35.5. The van der Waals surface area contributed by atoms with E-state index in [0.29, 0.717) is 30.5 Å². The van der Waals surface area contributed by atoms with Gasteiger partial charge in [0.25, 0.3) is 0 Å². The standard InChI is InChI=1S/C20H21ClN4O2/c1-15-6-5-9-17(21)18(15)25-14-23-19(24-20(25)26)22-11-13-27-12-10-16-7-3-2-4-8-16/h2-9,14H,10-13H2,1H3,(H,22,24,26). The van der Waals surface area contributed by atoms with Crippen LogP contribution in [0, 0.1) is 6.92 Å². The molecule has 0 aliphatic carbocycles. The number of hydrogen-bond donors (Lipinski definition) is 1. The summed E-state index contributed by atoms with van der Waals surface area (Å²) in [5.41, 5.74) is 2.28. The fourth-order valence-corrected chi connectivity index (χ4v) is 2.99. The van der Waals surface area contributed by atoms with Crippen molar-refractivity contribution < 1.29 is 4.74 Å². The third-order valence-corrected chi connectivity index (χ3v) is 4.34. The average molecular weight is 385 g/mol. The SMILES string of the molecule is Cc1cccc(Cl)c1-n1cnc(NCCOCCc2ccccc2)nc1=O. The molecular weight excluding hydrogens is 364 g/mol. The number of anilines is 1. The minimum Gasteiger partial charge on any atom is -0.379 e. The summed E-state index contributed by atoms with van der Waals surface area (Å²) in [7, 11) is 0. The maximum atomic E-state index is 12.3. The van der Waals surface area contributed by atoms with E-state index in [1.54, 1.807) is 6.07 Å². The molecule has 0 spiro atoms. The van der Waals surface area contributed by atoms with Gasteiger partial charge in [-0.15, -0.1) is 0 Å². The van der Waals surface area contributed by atoms with Gasteiger partial charge in [-0.25, -0.2) is 14.3 Å². The number of benzene rings is 2. The van der Waals surface area contributed by atoms with Gasteiger partial charge < -0.3 is 10.1 Å². The predicted octanol–water partition coefficient (Wildman–Crippen LogP) is 3.26. The van der Waals surface area contributed by atoms with E-state index in [-0.39, 0.29) is 5.95 Å². The van der Waals surface area contributed by atoms with E-state index in [0.717, 1.165) is 12.0 Å². The number of aromatic nitrogens is 3. The molecule has 0 radical (unpaired) electrons. The van der Waals surface area contributed by atoms with Crippen LogP contribution in [0.15, 0.2) is 59.7 Å². The molecule has 0 bridgehead atoms. The Morgan fingerprint density at radius 1 is 1.11 bits per heavy atom. The van der Waals surface area contributed by atoms with Gasteiger partial charge in [-0.1, -0.05) is 54.1 Å². The second-order valence-electron chi connectivity index (χ2n) is 6.01. The van der Waals surface area contributed by atoms with Gasteiger partial charge in [0.15, 0.2) is 0 Å². The number of ether oxygens (including phenoxy) is 1. The number of halogens is 1. The number of hydrogen-bond acceptors (Lipinski definition) is 5. The minimum absolute atomic E-state index is 0.271. The first kappa shape index (κ1) is 19.1. The first-order valence-electron chi connectivity index (χ1n) is 8.72. The molecule has 0 amide bonds. The van der Waals surface area contributed by atoms with Crippen LogP contribution in [0.2, 0.25) is 5.02 Å². The summed E-state index contributed by atoms with van der Waals surface area (Å²) in [6.07, 6.45) is 2.30. The average Bonchev–Trinajstić information content (AvgIpc) is 2.67. The highest BCUT2D eigenvalue weighted by Gasteiger charge is 2.10. The minimum atomic E-state index is -0.436. The van der Waals surface area contributed by atoms with Gasteiger partial charge in [-0.2, -0.15) is 4.98 Å². The molecule has 0 aliphatic heterocycles. The molecule has 0 unspecified atom stereocenters. The van der Waals surface area contributed by atoms with Crippen LogP contribution in [-0.2, 0) is 11.2 Å². The molecule has 0 aliphatic rings. The molecule has 0 atom stereocenters. The Kier molecular flexibility index (Phi) is 6.57. The Balaban J connectivity index is 1.50. The first-order valence-corrected chi connectivity index (χ1v) is 9.09. The molecule has 1 N–H and O–H groups in total. The van der Waals surface area contributed by atoms with Crippen molar-refractivity contribution in [1.82, 2.24) is 14.5 Å². The van der Waals surface area contributed by atoms with Crippen molar-refractivity contribution in [2.45, 2.75) is 13.3 Å². The maximum Gasteiger partial charge on any atom is 0.356 e. The second-order valence-corrected chi connectivity index (χ2v) is 6.42. The topological polar surface area (TPSA) is 69.0 Å². The van der Waals surface area contributed by atoms with Crippen LogP contribution in [0.1, 0.15) is 11.1 Å². The fraction of sp³-hybridized carbons (Fsp3) is 0.250. The van der Waals surface area contributed by atoms with E-state index in [1.807, 2.05) is 37.3 Å². The quantitative estimate of drug-likeness (QED) is 0.604. The maximum absolute atomic E-state index is 12.3. The summed E-state index contributed by atoms with van der Waals surface area (Å²) in [4.78, 5) is 20.5. The first-order chi connectivity index (χ1) is 13.1. The molecule has 27 heavy (non-hydrogen) atoms. The van der Waals surface area contributed by atoms with E-state index in [9.17, 15) is 4.79 Å². The van der Waals surface area contributed by atoms with Crippen molar-refractivity contribution >= 4 is 17.5 Å². The van der Waals surface area contributed by atoms with Gasteiger partial charge in [-0.3, -0.25) is 0 Å². The normalized spacial score (nSPS) is 10.7. The molecule has 6 nitrogen and oxygen atoms in total. The summed E-state index contributed by atoms with van der Waals surface area (Å²) >= 11 is 6.20. The lowest BCUT2D eigenvalue weighted by atomic mass is 10.2. The van der Waals surface area contributed by atoms with E-state index in [2.05, 4.69) is 27.4 Å². The molecule has 3 aromatic rings. The molecule has 140 valence electrons. The third kappa shape index (κ3) is 5.15. The molecule has 3 rings (SSSR count). The number of rotatable bonds is 8. The monoisotopic (exact) mass is 384 g/mol. The van der Waals surface area contributed by atoms with Crippen molar-refractivity contribution in [2.24, 2.45) is 0 Å². The lowest BCUT2D eigenvalue weighted by Crippen LogP contribution is -2.25. The lowest BCUT2D eigenvalue weighted by Gasteiger charge is -2.11. The largest absolute Gasteiger partial charge is 0.379 e. The number of nitrogens with zero attached hydrogens (tertiary/aromatic N) is 3. The van der Waals surface area contributed by atoms with Crippen LogP contribution >= 0.6 is 11.6 Å². The van der Waals surface area contributed by atoms with Gasteiger partial charge in [0.2, 0.25) is 5.95 Å². The highest BCUT2D eigenvalue weighted by Crippen LogP contribution is 2.22. The van der Waals surface area contributed by atoms with E-state index < -0.39 is 5.69 Å². The molecule has 0 fully saturated rings. The zero-order valence-electron chi connectivity index (χ0n) is 15.1. The fourth-order valence-electron chi connectivity index (χ4n) is 2.67. The van der Waals surface area contributed by atoms with Gasteiger partial charge in [0.05, 0.1) is 23.9 Å². The Bertz CT molecular complexity index is 924. The number of para-hydroxylation sites is 1. The van der Waals surface area contributed by atoms with Crippen LogP contribution in [0.4, 0.5) is 5.95 Å². The number of nitrogens with one attached hydrogen (secondary N) is 1. The van der Waals surface area contributed by atoms with E-state index in [1.165, 1.54) is 16.5 Å². The van der Waals surface area contributed by atoms with Crippen LogP contribution in [0.25, 0.3) is 5.69 Å².